The number of rotatable bonds is 4. The van der Waals surface area contributed by atoms with Crippen molar-refractivity contribution in [2.45, 2.75) is 47.0 Å². The van der Waals surface area contributed by atoms with Gasteiger partial charge < -0.3 is 4.90 Å². The Balaban J connectivity index is 0.000000956. The Bertz CT molecular complexity index is 390. The van der Waals surface area contributed by atoms with Crippen LogP contribution < -0.4 is 0 Å². The van der Waals surface area contributed by atoms with Crippen LogP contribution in [0, 0.1) is 12.8 Å². The summed E-state index contributed by atoms with van der Waals surface area (Å²) in [6, 6.07) is 7.93. The second-order valence-electron chi connectivity index (χ2n) is 5.49. The van der Waals surface area contributed by atoms with E-state index < -0.39 is 0 Å². The first kappa shape index (κ1) is 16.9. The van der Waals surface area contributed by atoms with Gasteiger partial charge in [0.1, 0.15) is 0 Å². The van der Waals surface area contributed by atoms with Crippen LogP contribution in [0.25, 0.3) is 0 Å². The lowest BCUT2D eigenvalue weighted by molar-refractivity contribution is 0.0883. The van der Waals surface area contributed by atoms with E-state index in [0.29, 0.717) is 0 Å². The molecule has 0 bridgehead atoms. The number of ketones is 1. The number of carbonyl (C=O) groups excluding carboxylic acids is 1. The summed E-state index contributed by atoms with van der Waals surface area (Å²) in [5.41, 5.74) is 2.06. The van der Waals surface area contributed by atoms with Crippen molar-refractivity contribution in [3.8, 4) is 0 Å². The number of nitrogens with zero attached hydrogens (tertiary/aromatic N) is 1. The summed E-state index contributed by atoms with van der Waals surface area (Å²) in [5, 5.41) is 0. The number of Topliss-reactive ketones (excluding diaryl/α,β-unsaturated/α-hetero) is 1. The van der Waals surface area contributed by atoms with E-state index in [1.807, 2.05) is 45.0 Å². The zero-order chi connectivity index (χ0) is 15.0. The van der Waals surface area contributed by atoms with Crippen molar-refractivity contribution in [3.63, 3.8) is 0 Å². The molecule has 1 aliphatic heterocycles. The van der Waals surface area contributed by atoms with Crippen molar-refractivity contribution in [1.82, 2.24) is 4.90 Å². The molecule has 0 amide bonds. The molecule has 0 N–H and O–H groups in total. The van der Waals surface area contributed by atoms with Gasteiger partial charge in [0.15, 0.2) is 5.78 Å². The number of piperidine rings is 1. The lowest BCUT2D eigenvalue weighted by Crippen LogP contribution is -2.35. The molecule has 0 aliphatic carbocycles. The highest BCUT2D eigenvalue weighted by Crippen LogP contribution is 2.15. The summed E-state index contributed by atoms with van der Waals surface area (Å²) in [4.78, 5) is 14.7. The van der Waals surface area contributed by atoms with E-state index >= 15 is 0 Å². The topological polar surface area (TPSA) is 20.3 Å². The average molecular weight is 275 g/mol. The quantitative estimate of drug-likeness (QED) is 0.762. The van der Waals surface area contributed by atoms with Gasteiger partial charge in [-0.1, -0.05) is 57.0 Å². The summed E-state index contributed by atoms with van der Waals surface area (Å²) >= 11 is 0. The smallest absolute Gasteiger partial charge is 0.166 e. The van der Waals surface area contributed by atoms with Gasteiger partial charge >= 0.3 is 0 Å². The van der Waals surface area contributed by atoms with E-state index in [1.54, 1.807) is 0 Å². The third kappa shape index (κ3) is 5.09. The molecule has 1 fully saturated rings. The first-order valence-electron chi connectivity index (χ1n) is 8.00. The second kappa shape index (κ2) is 8.91. The molecular formula is C18H29NO. The third-order valence-corrected chi connectivity index (χ3v) is 3.76. The van der Waals surface area contributed by atoms with Crippen molar-refractivity contribution >= 4 is 5.78 Å². The molecular weight excluding hydrogens is 246 g/mol. The van der Waals surface area contributed by atoms with Crippen molar-refractivity contribution in [1.29, 1.82) is 0 Å². The SMILES string of the molecule is CC.Cc1ccc(C(=O)C(C)CN2CCCCC2)cc1. The lowest BCUT2D eigenvalue weighted by atomic mass is 9.97. The molecule has 20 heavy (non-hydrogen) atoms. The highest BCUT2D eigenvalue weighted by molar-refractivity contribution is 5.97. The summed E-state index contributed by atoms with van der Waals surface area (Å²) in [7, 11) is 0. The maximum atomic E-state index is 12.3. The molecule has 1 saturated heterocycles. The lowest BCUT2D eigenvalue weighted by Gasteiger charge is -2.28. The molecule has 1 aliphatic rings. The Morgan fingerprint density at radius 1 is 1.10 bits per heavy atom. The molecule has 112 valence electrons. The van der Waals surface area contributed by atoms with Crippen LogP contribution in [0.1, 0.15) is 56.0 Å². The van der Waals surface area contributed by atoms with Gasteiger partial charge in [0.25, 0.3) is 0 Å². The van der Waals surface area contributed by atoms with Gasteiger partial charge in [0.2, 0.25) is 0 Å². The predicted molar refractivity (Wildman–Crippen MR) is 86.3 cm³/mol. The summed E-state index contributed by atoms with van der Waals surface area (Å²) in [6.45, 7) is 11.3. The number of likely N-dealkylation sites (tertiary alicyclic amines) is 1. The number of hydrogen-bond acceptors (Lipinski definition) is 2. The fraction of sp³-hybridized carbons (Fsp3) is 0.611. The highest BCUT2D eigenvalue weighted by Gasteiger charge is 2.19. The zero-order valence-electron chi connectivity index (χ0n) is 13.5. The second-order valence-corrected chi connectivity index (χ2v) is 5.49. The van der Waals surface area contributed by atoms with E-state index in [2.05, 4.69) is 11.8 Å². The van der Waals surface area contributed by atoms with Crippen molar-refractivity contribution < 1.29 is 4.79 Å². The molecule has 1 unspecified atom stereocenters. The number of carbonyl (C=O) groups is 1. The first-order valence-corrected chi connectivity index (χ1v) is 8.00. The fourth-order valence-electron chi connectivity index (χ4n) is 2.61. The summed E-state index contributed by atoms with van der Waals surface area (Å²) < 4.78 is 0. The highest BCUT2D eigenvalue weighted by atomic mass is 16.1. The maximum Gasteiger partial charge on any atom is 0.166 e. The fourth-order valence-corrected chi connectivity index (χ4v) is 2.61. The van der Waals surface area contributed by atoms with Gasteiger partial charge in [-0.05, 0) is 32.9 Å². The molecule has 0 aromatic heterocycles. The normalized spacial score (nSPS) is 17.0. The van der Waals surface area contributed by atoms with Gasteiger partial charge in [-0.25, -0.2) is 0 Å². The maximum absolute atomic E-state index is 12.3. The van der Waals surface area contributed by atoms with Crippen LogP contribution in [0.2, 0.25) is 0 Å². The summed E-state index contributed by atoms with van der Waals surface area (Å²) in [5.74, 6) is 0.381. The van der Waals surface area contributed by atoms with E-state index in [-0.39, 0.29) is 11.7 Å². The van der Waals surface area contributed by atoms with Crippen LogP contribution in [0.5, 0.6) is 0 Å². The minimum Gasteiger partial charge on any atom is -0.303 e. The van der Waals surface area contributed by atoms with Gasteiger partial charge in [0.05, 0.1) is 0 Å². The van der Waals surface area contributed by atoms with E-state index in [9.17, 15) is 4.79 Å². The minimum atomic E-state index is 0.103. The van der Waals surface area contributed by atoms with Crippen LogP contribution in [0.15, 0.2) is 24.3 Å². The van der Waals surface area contributed by atoms with Crippen LogP contribution in [0.3, 0.4) is 0 Å². The van der Waals surface area contributed by atoms with E-state index in [0.717, 1.165) is 25.2 Å². The molecule has 2 heteroatoms. The molecule has 2 rings (SSSR count). The molecule has 0 radical (unpaired) electrons. The van der Waals surface area contributed by atoms with E-state index in [1.165, 1.54) is 24.8 Å². The molecule has 0 spiro atoms. The van der Waals surface area contributed by atoms with Crippen LogP contribution in [0.4, 0.5) is 0 Å². The third-order valence-electron chi connectivity index (χ3n) is 3.76. The molecule has 1 heterocycles. The predicted octanol–water partition coefficient (Wildman–Crippen LogP) is 4.33. The van der Waals surface area contributed by atoms with E-state index in [4.69, 9.17) is 0 Å². The number of benzene rings is 1. The Hall–Kier alpha value is -1.15. The van der Waals surface area contributed by atoms with Gasteiger partial charge in [-0.15, -0.1) is 0 Å². The first-order chi connectivity index (χ1) is 9.66. The van der Waals surface area contributed by atoms with Crippen molar-refractivity contribution in [3.05, 3.63) is 35.4 Å². The van der Waals surface area contributed by atoms with Crippen LogP contribution >= 0.6 is 0 Å². The minimum absolute atomic E-state index is 0.103. The van der Waals surface area contributed by atoms with Crippen LogP contribution in [-0.4, -0.2) is 30.3 Å². The van der Waals surface area contributed by atoms with Gasteiger partial charge in [0, 0.05) is 18.0 Å². The van der Waals surface area contributed by atoms with Gasteiger partial charge in [-0.2, -0.15) is 0 Å². The number of aryl methyl sites for hydroxylation is 1. The standard InChI is InChI=1S/C16H23NO.C2H6/c1-13-6-8-15(9-7-13)16(18)14(2)12-17-10-4-3-5-11-17;1-2/h6-9,14H,3-5,10-12H2,1-2H3;1-2H3. The largest absolute Gasteiger partial charge is 0.303 e. The molecule has 1 aromatic carbocycles. The molecule has 0 saturated carbocycles. The van der Waals surface area contributed by atoms with Gasteiger partial charge in [-0.3, -0.25) is 4.79 Å². The monoisotopic (exact) mass is 275 g/mol. The van der Waals surface area contributed by atoms with Crippen molar-refractivity contribution in [2.24, 2.45) is 5.92 Å². The van der Waals surface area contributed by atoms with Crippen LogP contribution in [-0.2, 0) is 0 Å². The summed E-state index contributed by atoms with van der Waals surface area (Å²) in [6.07, 6.45) is 3.91. The van der Waals surface area contributed by atoms with Crippen molar-refractivity contribution in [2.75, 3.05) is 19.6 Å². The Morgan fingerprint density at radius 2 is 1.65 bits per heavy atom. The number of hydrogen-bond donors (Lipinski definition) is 0. The Labute approximate surface area is 124 Å². The molecule has 1 aromatic rings. The molecule has 1 atom stereocenters. The molecule has 2 nitrogen and oxygen atoms in total. The Kier molecular flexibility index (Phi) is 7.53. The zero-order valence-corrected chi connectivity index (χ0v) is 13.5. The average Bonchev–Trinajstić information content (AvgIpc) is 2.50. The Morgan fingerprint density at radius 3 is 2.20 bits per heavy atom.